The Bertz CT molecular complexity index is 620. The fourth-order valence-electron chi connectivity index (χ4n) is 2.34. The molecule has 0 spiro atoms. The molecule has 3 rings (SSSR count). The van der Waals surface area contributed by atoms with Crippen molar-refractivity contribution < 1.29 is 9.84 Å². The van der Waals surface area contributed by atoms with Gasteiger partial charge in [-0.1, -0.05) is 0 Å². The first kappa shape index (κ1) is 14.0. The number of fused-ring (bicyclic) bond motifs is 1. The molecule has 1 aliphatic rings. The molecule has 0 amide bonds. The molecular formula is C13H20N6O2. The van der Waals surface area contributed by atoms with Crippen molar-refractivity contribution in [1.82, 2.24) is 19.7 Å². The third-order valence-corrected chi connectivity index (χ3v) is 3.44. The number of ether oxygens (including phenoxy) is 1. The molecule has 1 saturated heterocycles. The Morgan fingerprint density at radius 3 is 2.86 bits per heavy atom. The van der Waals surface area contributed by atoms with Crippen LogP contribution in [-0.2, 0) is 11.8 Å². The highest BCUT2D eigenvalue weighted by Crippen LogP contribution is 2.25. The van der Waals surface area contributed by atoms with Crippen LogP contribution in [-0.4, -0.2) is 63.8 Å². The van der Waals surface area contributed by atoms with Gasteiger partial charge in [0, 0.05) is 26.7 Å². The van der Waals surface area contributed by atoms with Crippen molar-refractivity contribution in [2.24, 2.45) is 7.05 Å². The summed E-state index contributed by atoms with van der Waals surface area (Å²) in [4.78, 5) is 11.2. The van der Waals surface area contributed by atoms with E-state index >= 15 is 0 Å². The van der Waals surface area contributed by atoms with Crippen molar-refractivity contribution in [3.8, 4) is 0 Å². The fourth-order valence-corrected chi connectivity index (χ4v) is 2.34. The van der Waals surface area contributed by atoms with Crippen LogP contribution in [0.5, 0.6) is 0 Å². The number of anilines is 2. The van der Waals surface area contributed by atoms with E-state index in [9.17, 15) is 5.11 Å². The lowest BCUT2D eigenvalue weighted by Crippen LogP contribution is -2.37. The Hall–Kier alpha value is -1.93. The summed E-state index contributed by atoms with van der Waals surface area (Å²) in [6.07, 6.45) is 1.33. The number of morpholine rings is 1. The Morgan fingerprint density at radius 1 is 1.38 bits per heavy atom. The smallest absolute Gasteiger partial charge is 0.226 e. The zero-order valence-electron chi connectivity index (χ0n) is 12.3. The largest absolute Gasteiger partial charge is 0.392 e. The minimum absolute atomic E-state index is 0.409. The molecule has 8 heteroatoms. The average Bonchev–Trinajstić information content (AvgIpc) is 2.87. The maximum absolute atomic E-state index is 9.40. The SMILES string of the molecule is C[C@H](O)CNc1nc(N2CCOCC2)c2cnn(C)c2n1. The number of nitrogens with zero attached hydrogens (tertiary/aromatic N) is 5. The van der Waals surface area contributed by atoms with Crippen LogP contribution in [0.1, 0.15) is 6.92 Å². The van der Waals surface area contributed by atoms with E-state index in [2.05, 4.69) is 25.3 Å². The van der Waals surface area contributed by atoms with Crippen molar-refractivity contribution in [3.05, 3.63) is 6.20 Å². The summed E-state index contributed by atoms with van der Waals surface area (Å²) in [6, 6.07) is 0. The third-order valence-electron chi connectivity index (χ3n) is 3.44. The highest BCUT2D eigenvalue weighted by Gasteiger charge is 2.19. The van der Waals surface area contributed by atoms with Crippen LogP contribution >= 0.6 is 0 Å². The lowest BCUT2D eigenvalue weighted by Gasteiger charge is -2.28. The van der Waals surface area contributed by atoms with E-state index in [0.29, 0.717) is 25.7 Å². The standard InChI is InChI=1S/C13H20N6O2/c1-9(20)7-14-13-16-11-10(8-15-18(11)2)12(17-13)19-3-5-21-6-4-19/h8-9,20H,3-7H2,1-2H3,(H,14,16,17)/t9-/m0/s1. The number of rotatable bonds is 4. The van der Waals surface area contributed by atoms with Gasteiger partial charge in [-0.3, -0.25) is 4.68 Å². The highest BCUT2D eigenvalue weighted by molar-refractivity contribution is 5.88. The first-order chi connectivity index (χ1) is 10.1. The van der Waals surface area contributed by atoms with E-state index in [-0.39, 0.29) is 0 Å². The zero-order chi connectivity index (χ0) is 14.8. The first-order valence-electron chi connectivity index (χ1n) is 7.09. The van der Waals surface area contributed by atoms with E-state index in [1.54, 1.807) is 17.8 Å². The summed E-state index contributed by atoms with van der Waals surface area (Å²) >= 11 is 0. The molecule has 114 valence electrons. The summed E-state index contributed by atoms with van der Waals surface area (Å²) in [7, 11) is 1.86. The van der Waals surface area contributed by atoms with Gasteiger partial charge >= 0.3 is 0 Å². The molecule has 0 aromatic carbocycles. The summed E-state index contributed by atoms with van der Waals surface area (Å²) in [5, 5.41) is 17.7. The summed E-state index contributed by atoms with van der Waals surface area (Å²) in [5.41, 5.74) is 0.777. The molecule has 0 saturated carbocycles. The van der Waals surface area contributed by atoms with Crippen LogP contribution in [0.25, 0.3) is 11.0 Å². The van der Waals surface area contributed by atoms with E-state index in [1.807, 2.05) is 7.05 Å². The van der Waals surface area contributed by atoms with Gasteiger partial charge in [0.15, 0.2) is 5.65 Å². The lowest BCUT2D eigenvalue weighted by atomic mass is 10.3. The van der Waals surface area contributed by atoms with Gasteiger partial charge in [-0.25, -0.2) is 0 Å². The minimum atomic E-state index is -0.456. The molecular weight excluding hydrogens is 272 g/mol. The van der Waals surface area contributed by atoms with E-state index < -0.39 is 6.10 Å². The van der Waals surface area contributed by atoms with Gasteiger partial charge in [0.25, 0.3) is 0 Å². The Morgan fingerprint density at radius 2 is 2.14 bits per heavy atom. The maximum atomic E-state index is 9.40. The summed E-state index contributed by atoms with van der Waals surface area (Å²) < 4.78 is 7.12. The van der Waals surface area contributed by atoms with Gasteiger partial charge in [-0.2, -0.15) is 15.1 Å². The molecule has 1 aliphatic heterocycles. The van der Waals surface area contributed by atoms with Gasteiger partial charge < -0.3 is 20.1 Å². The summed E-state index contributed by atoms with van der Waals surface area (Å²) in [6.45, 7) is 5.13. The van der Waals surface area contributed by atoms with Crippen LogP contribution in [0.2, 0.25) is 0 Å². The van der Waals surface area contributed by atoms with Crippen molar-refractivity contribution in [3.63, 3.8) is 0 Å². The quantitative estimate of drug-likeness (QED) is 0.819. The Balaban J connectivity index is 1.99. The topological polar surface area (TPSA) is 88.3 Å². The number of aliphatic hydroxyl groups is 1. The molecule has 0 bridgehead atoms. The van der Waals surface area contributed by atoms with E-state index in [0.717, 1.165) is 29.9 Å². The van der Waals surface area contributed by atoms with Gasteiger partial charge in [-0.05, 0) is 6.92 Å². The van der Waals surface area contributed by atoms with Gasteiger partial charge in [-0.15, -0.1) is 0 Å². The Kier molecular flexibility index (Phi) is 3.89. The number of hydrogen-bond donors (Lipinski definition) is 2. The lowest BCUT2D eigenvalue weighted by molar-refractivity contribution is 0.122. The fraction of sp³-hybridized carbons (Fsp3) is 0.615. The van der Waals surface area contributed by atoms with Crippen molar-refractivity contribution in [2.75, 3.05) is 43.1 Å². The molecule has 8 nitrogen and oxygen atoms in total. The summed E-state index contributed by atoms with van der Waals surface area (Å²) in [5.74, 6) is 1.37. The average molecular weight is 292 g/mol. The molecule has 2 aromatic rings. The van der Waals surface area contributed by atoms with Crippen LogP contribution in [0, 0.1) is 0 Å². The van der Waals surface area contributed by atoms with Crippen LogP contribution < -0.4 is 10.2 Å². The number of aromatic nitrogens is 4. The Labute approximate surface area is 122 Å². The van der Waals surface area contributed by atoms with Crippen LogP contribution in [0.3, 0.4) is 0 Å². The molecule has 2 N–H and O–H groups in total. The van der Waals surface area contributed by atoms with E-state index in [1.165, 1.54) is 0 Å². The highest BCUT2D eigenvalue weighted by atomic mass is 16.5. The van der Waals surface area contributed by atoms with Crippen molar-refractivity contribution in [2.45, 2.75) is 13.0 Å². The molecule has 3 heterocycles. The minimum Gasteiger partial charge on any atom is -0.392 e. The van der Waals surface area contributed by atoms with E-state index in [4.69, 9.17) is 4.74 Å². The molecule has 1 fully saturated rings. The second-order valence-corrected chi connectivity index (χ2v) is 5.21. The molecule has 1 atom stereocenters. The number of aryl methyl sites for hydroxylation is 1. The predicted molar refractivity (Wildman–Crippen MR) is 79.5 cm³/mol. The first-order valence-corrected chi connectivity index (χ1v) is 7.09. The van der Waals surface area contributed by atoms with Crippen molar-refractivity contribution in [1.29, 1.82) is 0 Å². The normalized spacial score (nSPS) is 17.2. The molecule has 0 radical (unpaired) electrons. The second kappa shape index (κ2) is 5.82. The third kappa shape index (κ3) is 2.91. The van der Waals surface area contributed by atoms with Crippen LogP contribution in [0.15, 0.2) is 6.20 Å². The zero-order valence-corrected chi connectivity index (χ0v) is 12.3. The molecule has 0 unspecified atom stereocenters. The molecule has 21 heavy (non-hydrogen) atoms. The molecule has 0 aliphatic carbocycles. The predicted octanol–water partition coefficient (Wildman–Crippen LogP) is -0.00740. The number of nitrogens with one attached hydrogen (secondary N) is 1. The van der Waals surface area contributed by atoms with Crippen molar-refractivity contribution >= 4 is 22.8 Å². The van der Waals surface area contributed by atoms with Gasteiger partial charge in [0.05, 0.1) is 30.9 Å². The molecule has 2 aromatic heterocycles. The van der Waals surface area contributed by atoms with Gasteiger partial charge in [0.1, 0.15) is 5.82 Å². The number of hydrogen-bond acceptors (Lipinski definition) is 7. The van der Waals surface area contributed by atoms with Gasteiger partial charge in [0.2, 0.25) is 5.95 Å². The van der Waals surface area contributed by atoms with Crippen LogP contribution in [0.4, 0.5) is 11.8 Å². The monoisotopic (exact) mass is 292 g/mol. The number of aliphatic hydroxyl groups excluding tert-OH is 1. The maximum Gasteiger partial charge on any atom is 0.226 e. The second-order valence-electron chi connectivity index (χ2n) is 5.21.